The van der Waals surface area contributed by atoms with Crippen molar-refractivity contribution in [1.29, 1.82) is 0 Å². The second-order valence-corrected chi connectivity index (χ2v) is 9.08. The van der Waals surface area contributed by atoms with Crippen LogP contribution in [0.2, 0.25) is 0 Å². The number of methoxy groups -OCH3 is 2. The van der Waals surface area contributed by atoms with Gasteiger partial charge in [0.2, 0.25) is 0 Å². The highest BCUT2D eigenvalue weighted by molar-refractivity contribution is 5.89. The summed E-state index contributed by atoms with van der Waals surface area (Å²) in [6.07, 6.45) is 0.674. The van der Waals surface area contributed by atoms with Gasteiger partial charge in [0, 0.05) is 39.8 Å². The van der Waals surface area contributed by atoms with E-state index in [2.05, 4.69) is 0 Å². The molecule has 0 amide bonds. The van der Waals surface area contributed by atoms with E-state index < -0.39 is 0 Å². The highest BCUT2D eigenvalue weighted by Crippen LogP contribution is 2.48. The van der Waals surface area contributed by atoms with Crippen LogP contribution in [0.1, 0.15) is 48.1 Å². The lowest BCUT2D eigenvalue weighted by molar-refractivity contribution is -0.143. The van der Waals surface area contributed by atoms with Gasteiger partial charge in [-0.25, -0.2) is 0 Å². The van der Waals surface area contributed by atoms with Crippen molar-refractivity contribution in [2.24, 2.45) is 0 Å². The van der Waals surface area contributed by atoms with Crippen LogP contribution >= 0.6 is 0 Å². The van der Waals surface area contributed by atoms with E-state index in [0.717, 1.165) is 38.9 Å². The number of benzene rings is 3. The number of aryl methyl sites for hydroxylation is 3. The number of aliphatic hydroxyl groups excluding tert-OH is 2. The van der Waals surface area contributed by atoms with Crippen molar-refractivity contribution in [2.75, 3.05) is 27.4 Å². The second-order valence-electron chi connectivity index (χ2n) is 9.08. The van der Waals surface area contributed by atoms with Crippen molar-refractivity contribution in [3.8, 4) is 39.5 Å². The zero-order valence-electron chi connectivity index (χ0n) is 23.1. The molecule has 0 aliphatic rings. The average molecular weight is 523 g/mol. The van der Waals surface area contributed by atoms with Crippen LogP contribution in [-0.2, 0) is 29.2 Å². The molecule has 3 aromatic carbocycles. The van der Waals surface area contributed by atoms with Gasteiger partial charge in [0.15, 0.2) is 0 Å². The van der Waals surface area contributed by atoms with Gasteiger partial charge in [-0.05, 0) is 75.1 Å². The van der Waals surface area contributed by atoms with E-state index in [0.29, 0.717) is 48.0 Å². The van der Waals surface area contributed by atoms with E-state index in [1.807, 2.05) is 57.2 Å². The van der Waals surface area contributed by atoms with Crippen molar-refractivity contribution in [1.82, 2.24) is 0 Å². The molecule has 0 heterocycles. The number of hydrogen-bond acceptors (Lipinski definition) is 7. The summed E-state index contributed by atoms with van der Waals surface area (Å²) in [6.45, 7) is 8.01. The van der Waals surface area contributed by atoms with Gasteiger partial charge < -0.3 is 29.2 Å². The standard InChI is InChI=1S/C31H38O7/c1-7-37-28(34)10-9-21-15-26(24-13-19(3)11-22(17-32)29(24)35-5)31(38-8-2)27(16-21)25-14-20(4)12-23(18-33)30(25)36-6/h11-16,32-33H,7-10,17-18H2,1-6H3. The fourth-order valence-corrected chi connectivity index (χ4v) is 4.83. The van der Waals surface area contributed by atoms with E-state index in [9.17, 15) is 15.0 Å². The Bertz CT molecular complexity index is 1200. The van der Waals surface area contributed by atoms with E-state index in [1.54, 1.807) is 21.1 Å². The van der Waals surface area contributed by atoms with Gasteiger partial charge in [-0.1, -0.05) is 12.1 Å². The summed E-state index contributed by atoms with van der Waals surface area (Å²) in [6, 6.07) is 11.8. The molecule has 204 valence electrons. The Hall–Kier alpha value is -3.55. The van der Waals surface area contributed by atoms with Crippen LogP contribution in [0.3, 0.4) is 0 Å². The molecule has 0 saturated carbocycles. The molecule has 2 N–H and O–H groups in total. The van der Waals surface area contributed by atoms with Gasteiger partial charge in [-0.15, -0.1) is 0 Å². The van der Waals surface area contributed by atoms with Gasteiger partial charge in [0.25, 0.3) is 0 Å². The van der Waals surface area contributed by atoms with Crippen molar-refractivity contribution < 1.29 is 34.0 Å². The van der Waals surface area contributed by atoms with Crippen molar-refractivity contribution in [3.05, 3.63) is 64.2 Å². The topological polar surface area (TPSA) is 94.5 Å². The summed E-state index contributed by atoms with van der Waals surface area (Å²) in [5.74, 6) is 1.46. The van der Waals surface area contributed by atoms with Crippen LogP contribution in [0, 0.1) is 13.8 Å². The maximum atomic E-state index is 12.2. The molecule has 38 heavy (non-hydrogen) atoms. The lowest BCUT2D eigenvalue weighted by Crippen LogP contribution is -2.07. The van der Waals surface area contributed by atoms with Gasteiger partial charge in [0.05, 0.1) is 40.6 Å². The summed E-state index contributed by atoms with van der Waals surface area (Å²) >= 11 is 0. The largest absolute Gasteiger partial charge is 0.496 e. The molecular weight excluding hydrogens is 484 g/mol. The van der Waals surface area contributed by atoms with Gasteiger partial charge in [-0.2, -0.15) is 0 Å². The van der Waals surface area contributed by atoms with Crippen LogP contribution in [0.5, 0.6) is 17.2 Å². The van der Waals surface area contributed by atoms with Crippen LogP contribution < -0.4 is 14.2 Å². The fraction of sp³-hybridized carbons (Fsp3) is 0.387. The molecule has 0 spiro atoms. The van der Waals surface area contributed by atoms with Gasteiger partial charge in [-0.3, -0.25) is 4.79 Å². The first kappa shape index (κ1) is 29.0. The third kappa shape index (κ3) is 6.29. The quantitative estimate of drug-likeness (QED) is 0.302. The monoisotopic (exact) mass is 522 g/mol. The van der Waals surface area contributed by atoms with Gasteiger partial charge >= 0.3 is 5.97 Å². The number of rotatable bonds is 12. The predicted octanol–water partition coefficient (Wildman–Crippen LogP) is 5.53. The summed E-state index contributed by atoms with van der Waals surface area (Å²) in [7, 11) is 3.16. The Labute approximate surface area is 224 Å². The third-order valence-corrected chi connectivity index (χ3v) is 6.31. The highest BCUT2D eigenvalue weighted by atomic mass is 16.5. The number of ether oxygens (including phenoxy) is 4. The van der Waals surface area contributed by atoms with Crippen molar-refractivity contribution in [2.45, 2.75) is 53.8 Å². The molecule has 3 rings (SSSR count). The second kappa shape index (κ2) is 13.3. The number of aliphatic hydroxyl groups is 2. The van der Waals surface area contributed by atoms with Crippen LogP contribution in [0.15, 0.2) is 36.4 Å². The number of carbonyl (C=O) groups excluding carboxylic acids is 1. The van der Waals surface area contributed by atoms with E-state index >= 15 is 0 Å². The summed E-state index contributed by atoms with van der Waals surface area (Å²) in [5, 5.41) is 20.1. The van der Waals surface area contributed by atoms with Crippen LogP contribution in [-0.4, -0.2) is 43.6 Å². The number of carbonyl (C=O) groups is 1. The predicted molar refractivity (Wildman–Crippen MR) is 148 cm³/mol. The molecule has 7 heteroatoms. The average Bonchev–Trinajstić information content (AvgIpc) is 2.91. The molecule has 0 aliphatic carbocycles. The molecule has 0 radical (unpaired) electrons. The normalized spacial score (nSPS) is 10.8. The minimum atomic E-state index is -0.268. The molecule has 3 aromatic rings. The molecule has 0 saturated heterocycles. The van der Waals surface area contributed by atoms with E-state index in [4.69, 9.17) is 18.9 Å². The van der Waals surface area contributed by atoms with Crippen LogP contribution in [0.25, 0.3) is 22.3 Å². The Morgan fingerprint density at radius 3 is 1.58 bits per heavy atom. The molecule has 0 aromatic heterocycles. The maximum absolute atomic E-state index is 12.2. The third-order valence-electron chi connectivity index (χ3n) is 6.31. The Morgan fingerprint density at radius 1 is 0.711 bits per heavy atom. The zero-order valence-corrected chi connectivity index (χ0v) is 23.1. The molecule has 7 nitrogen and oxygen atoms in total. The first-order valence-electron chi connectivity index (χ1n) is 12.8. The highest BCUT2D eigenvalue weighted by Gasteiger charge is 2.23. The number of esters is 1. The maximum Gasteiger partial charge on any atom is 0.306 e. The minimum Gasteiger partial charge on any atom is -0.496 e. The first-order valence-corrected chi connectivity index (χ1v) is 12.8. The molecule has 0 aliphatic heterocycles. The van der Waals surface area contributed by atoms with Crippen molar-refractivity contribution in [3.63, 3.8) is 0 Å². The lowest BCUT2D eigenvalue weighted by atomic mass is 9.89. The minimum absolute atomic E-state index is 0.178. The Kier molecular flexibility index (Phi) is 10.2. The smallest absolute Gasteiger partial charge is 0.306 e. The SMILES string of the molecule is CCOC(=O)CCc1cc(-c2cc(C)cc(CO)c2OC)c(OCC)c(-c2cc(C)cc(CO)c2OC)c1. The fourth-order valence-electron chi connectivity index (χ4n) is 4.83. The van der Waals surface area contributed by atoms with Crippen LogP contribution in [0.4, 0.5) is 0 Å². The van der Waals surface area contributed by atoms with Gasteiger partial charge in [0.1, 0.15) is 17.2 Å². The Balaban J connectivity index is 2.41. The molecule has 0 fully saturated rings. The zero-order chi connectivity index (χ0) is 27.8. The molecule has 0 unspecified atom stereocenters. The molecule has 0 bridgehead atoms. The summed E-state index contributed by atoms with van der Waals surface area (Å²) in [4.78, 5) is 12.2. The van der Waals surface area contributed by atoms with Crippen molar-refractivity contribution >= 4 is 5.97 Å². The summed E-state index contributed by atoms with van der Waals surface area (Å²) in [5.41, 5.74) is 7.23. The number of hydrogen-bond donors (Lipinski definition) is 2. The molecular formula is C31H38O7. The molecule has 0 atom stereocenters. The first-order chi connectivity index (χ1) is 18.3. The van der Waals surface area contributed by atoms with E-state index in [1.165, 1.54) is 0 Å². The lowest BCUT2D eigenvalue weighted by Gasteiger charge is -2.22. The summed E-state index contributed by atoms with van der Waals surface area (Å²) < 4.78 is 23.0. The van der Waals surface area contributed by atoms with E-state index in [-0.39, 0.29) is 25.6 Å². The Morgan fingerprint density at radius 2 is 1.18 bits per heavy atom.